The molecule has 3 heteroatoms. The number of anilines is 1. The molecule has 0 radical (unpaired) electrons. The molecule has 0 aliphatic rings. The highest BCUT2D eigenvalue weighted by Gasteiger charge is 2.19. The van der Waals surface area contributed by atoms with Crippen LogP contribution in [-0.2, 0) is 11.2 Å². The normalized spacial score (nSPS) is 12.1. The summed E-state index contributed by atoms with van der Waals surface area (Å²) in [5.74, 6) is 0.992. The topological polar surface area (TPSA) is 38.3 Å². The molecule has 0 heterocycles. The molecule has 128 valence electrons. The van der Waals surface area contributed by atoms with Crippen LogP contribution in [0.25, 0.3) is 0 Å². The number of hydrogen-bond donors (Lipinski definition) is 1. The highest BCUT2D eigenvalue weighted by Crippen LogP contribution is 2.28. The van der Waals surface area contributed by atoms with Gasteiger partial charge in [0.25, 0.3) is 5.91 Å². The Morgan fingerprint density at radius 3 is 2.46 bits per heavy atom. The van der Waals surface area contributed by atoms with E-state index < -0.39 is 6.10 Å². The highest BCUT2D eigenvalue weighted by atomic mass is 16.5. The molecule has 0 aliphatic carbocycles. The Kier molecular flexibility index (Phi) is 6.02. The van der Waals surface area contributed by atoms with Crippen LogP contribution in [-0.4, -0.2) is 12.0 Å². The van der Waals surface area contributed by atoms with Gasteiger partial charge in [0, 0.05) is 5.69 Å². The molecule has 1 N–H and O–H groups in total. The molecule has 1 atom stereocenters. The summed E-state index contributed by atoms with van der Waals surface area (Å²) in [4.78, 5) is 12.6. The van der Waals surface area contributed by atoms with E-state index in [2.05, 4.69) is 32.2 Å². The van der Waals surface area contributed by atoms with Gasteiger partial charge in [0.15, 0.2) is 6.10 Å². The third-order valence-electron chi connectivity index (χ3n) is 4.20. The lowest BCUT2D eigenvalue weighted by molar-refractivity contribution is -0.122. The first-order chi connectivity index (χ1) is 11.4. The number of carbonyl (C=O) groups excluding carboxylic acids is 1. The van der Waals surface area contributed by atoms with E-state index >= 15 is 0 Å². The van der Waals surface area contributed by atoms with Crippen LogP contribution in [0.5, 0.6) is 5.75 Å². The predicted molar refractivity (Wildman–Crippen MR) is 99.8 cm³/mol. The number of aryl methyl sites for hydroxylation is 2. The summed E-state index contributed by atoms with van der Waals surface area (Å²) in [6.45, 7) is 10.1. The number of hydrogen-bond acceptors (Lipinski definition) is 2. The number of ether oxygens (including phenoxy) is 1. The minimum atomic E-state index is -0.558. The van der Waals surface area contributed by atoms with E-state index in [-0.39, 0.29) is 5.91 Å². The van der Waals surface area contributed by atoms with Gasteiger partial charge < -0.3 is 10.1 Å². The van der Waals surface area contributed by atoms with Crippen LogP contribution < -0.4 is 10.1 Å². The Labute approximate surface area is 145 Å². The maximum absolute atomic E-state index is 12.6. The molecule has 0 bridgehead atoms. The van der Waals surface area contributed by atoms with Crippen molar-refractivity contribution in [1.82, 2.24) is 0 Å². The smallest absolute Gasteiger partial charge is 0.265 e. The zero-order chi connectivity index (χ0) is 17.7. The summed E-state index contributed by atoms with van der Waals surface area (Å²) in [7, 11) is 0. The summed E-state index contributed by atoms with van der Waals surface area (Å²) in [6.07, 6.45) is 0.317. The van der Waals surface area contributed by atoms with Crippen LogP contribution in [0.15, 0.2) is 42.5 Å². The average molecular weight is 325 g/mol. The fourth-order valence-corrected chi connectivity index (χ4v) is 2.72. The summed E-state index contributed by atoms with van der Waals surface area (Å²) in [5, 5.41) is 3.05. The van der Waals surface area contributed by atoms with E-state index in [9.17, 15) is 4.79 Å². The van der Waals surface area contributed by atoms with Gasteiger partial charge in [-0.15, -0.1) is 0 Å². The fraction of sp³-hybridized carbons (Fsp3) is 0.381. The molecular formula is C21H27NO2. The van der Waals surface area contributed by atoms with Crippen LogP contribution in [0, 0.1) is 6.92 Å². The molecule has 0 aromatic heterocycles. The Morgan fingerprint density at radius 1 is 1.08 bits per heavy atom. The highest BCUT2D eigenvalue weighted by molar-refractivity contribution is 5.95. The van der Waals surface area contributed by atoms with Crippen LogP contribution in [0.4, 0.5) is 5.69 Å². The maximum Gasteiger partial charge on any atom is 0.265 e. The number of rotatable bonds is 6. The summed E-state index contributed by atoms with van der Waals surface area (Å²) in [6, 6.07) is 14.0. The lowest BCUT2D eigenvalue weighted by Crippen LogP contribution is -2.31. The zero-order valence-corrected chi connectivity index (χ0v) is 15.2. The van der Waals surface area contributed by atoms with Crippen molar-refractivity contribution in [3.63, 3.8) is 0 Å². The third-order valence-corrected chi connectivity index (χ3v) is 4.20. The molecule has 2 aromatic carbocycles. The van der Waals surface area contributed by atoms with Crippen LogP contribution in [0.1, 0.15) is 50.3 Å². The molecule has 0 saturated heterocycles. The number of carbonyl (C=O) groups is 1. The van der Waals surface area contributed by atoms with Crippen molar-refractivity contribution in [3.8, 4) is 5.75 Å². The predicted octanol–water partition coefficient (Wildman–Crippen LogP) is 5.09. The van der Waals surface area contributed by atoms with Gasteiger partial charge in [-0.1, -0.05) is 57.2 Å². The van der Waals surface area contributed by atoms with Crippen molar-refractivity contribution < 1.29 is 9.53 Å². The minimum absolute atomic E-state index is 0.128. The average Bonchev–Trinajstić information content (AvgIpc) is 2.56. The number of amides is 1. The summed E-state index contributed by atoms with van der Waals surface area (Å²) >= 11 is 0. The van der Waals surface area contributed by atoms with Gasteiger partial charge in [-0.2, -0.15) is 0 Å². The Bertz CT molecular complexity index is 707. The van der Waals surface area contributed by atoms with Gasteiger partial charge in [-0.3, -0.25) is 4.79 Å². The Morgan fingerprint density at radius 2 is 1.79 bits per heavy atom. The second-order valence-corrected chi connectivity index (χ2v) is 6.40. The number of para-hydroxylation sites is 2. The molecule has 0 fully saturated rings. The zero-order valence-electron chi connectivity index (χ0n) is 15.2. The van der Waals surface area contributed by atoms with Crippen molar-refractivity contribution in [1.29, 1.82) is 0 Å². The molecule has 0 saturated carbocycles. The molecule has 2 aromatic rings. The first kappa shape index (κ1) is 18.1. The molecule has 0 unspecified atom stereocenters. The second kappa shape index (κ2) is 8.00. The maximum atomic E-state index is 12.6. The van der Waals surface area contributed by atoms with Gasteiger partial charge in [-0.25, -0.2) is 0 Å². The van der Waals surface area contributed by atoms with E-state index in [1.54, 1.807) is 6.92 Å². The molecular weight excluding hydrogens is 298 g/mol. The SMILES string of the molecule is CCc1ccccc1O[C@@H](C)C(=O)Nc1c(C)cccc1C(C)C. The molecule has 2 rings (SSSR count). The molecule has 3 nitrogen and oxygen atoms in total. The standard InChI is InChI=1S/C21H27NO2/c1-6-17-11-7-8-13-19(17)24-16(5)21(23)22-20-15(4)10-9-12-18(20)14(2)3/h7-14,16H,6H2,1-5H3,(H,22,23)/t16-/m0/s1. The van der Waals surface area contributed by atoms with E-state index in [0.717, 1.165) is 34.5 Å². The largest absolute Gasteiger partial charge is 0.481 e. The van der Waals surface area contributed by atoms with Crippen molar-refractivity contribution in [2.24, 2.45) is 0 Å². The second-order valence-electron chi connectivity index (χ2n) is 6.40. The molecule has 1 amide bonds. The molecule has 24 heavy (non-hydrogen) atoms. The number of benzene rings is 2. The Hall–Kier alpha value is -2.29. The van der Waals surface area contributed by atoms with E-state index in [1.165, 1.54) is 0 Å². The number of nitrogens with one attached hydrogen (secondary N) is 1. The quantitative estimate of drug-likeness (QED) is 0.803. The lowest BCUT2D eigenvalue weighted by Gasteiger charge is -2.20. The van der Waals surface area contributed by atoms with E-state index in [0.29, 0.717) is 5.92 Å². The van der Waals surface area contributed by atoms with E-state index in [4.69, 9.17) is 4.74 Å². The summed E-state index contributed by atoms with van der Waals surface area (Å²) in [5.41, 5.74) is 4.22. The fourth-order valence-electron chi connectivity index (χ4n) is 2.72. The van der Waals surface area contributed by atoms with Crippen LogP contribution >= 0.6 is 0 Å². The van der Waals surface area contributed by atoms with Crippen LogP contribution in [0.3, 0.4) is 0 Å². The Balaban J connectivity index is 2.15. The third kappa shape index (κ3) is 4.16. The van der Waals surface area contributed by atoms with Crippen molar-refractivity contribution in [2.75, 3.05) is 5.32 Å². The first-order valence-electron chi connectivity index (χ1n) is 8.59. The monoisotopic (exact) mass is 325 g/mol. The first-order valence-corrected chi connectivity index (χ1v) is 8.59. The molecule has 0 aliphatic heterocycles. The van der Waals surface area contributed by atoms with Gasteiger partial charge in [0.05, 0.1) is 0 Å². The van der Waals surface area contributed by atoms with Crippen molar-refractivity contribution >= 4 is 11.6 Å². The van der Waals surface area contributed by atoms with Gasteiger partial charge >= 0.3 is 0 Å². The molecule has 0 spiro atoms. The lowest BCUT2D eigenvalue weighted by atomic mass is 9.98. The van der Waals surface area contributed by atoms with Crippen molar-refractivity contribution in [3.05, 3.63) is 59.2 Å². The van der Waals surface area contributed by atoms with Crippen LogP contribution in [0.2, 0.25) is 0 Å². The van der Waals surface area contributed by atoms with Gasteiger partial charge in [0.1, 0.15) is 5.75 Å². The summed E-state index contributed by atoms with van der Waals surface area (Å²) < 4.78 is 5.90. The van der Waals surface area contributed by atoms with Crippen molar-refractivity contribution in [2.45, 2.75) is 53.1 Å². The van der Waals surface area contributed by atoms with Gasteiger partial charge in [-0.05, 0) is 48.9 Å². The van der Waals surface area contributed by atoms with E-state index in [1.807, 2.05) is 43.3 Å². The minimum Gasteiger partial charge on any atom is -0.481 e. The van der Waals surface area contributed by atoms with Gasteiger partial charge in [0.2, 0.25) is 0 Å².